The molecule has 0 bridgehead atoms. The Labute approximate surface area is 405 Å². The third-order valence-corrected chi connectivity index (χ3v) is 14.7. The van der Waals surface area contributed by atoms with E-state index in [1.54, 1.807) is 6.92 Å². The number of carbonyl (C=O) groups is 4. The number of aromatic nitrogens is 4. The first-order valence-corrected chi connectivity index (χ1v) is 27.4. The topological polar surface area (TPSA) is 440 Å². The number of hydrogen-bond acceptors (Lipinski definition) is 23. The summed E-state index contributed by atoms with van der Waals surface area (Å²) in [5.74, 6) is -1.59. The molecule has 12 N–H and O–H groups in total. The monoisotopic (exact) mass is 1080 g/mol. The molecule has 0 spiro atoms. The lowest BCUT2D eigenvalue weighted by atomic mass is 9.87. The second-order valence-electron chi connectivity index (χ2n) is 17.0. The SMILES string of the molecule is C[C@@H]1O[C@@H](OCCCCCCCC(=O)CC(=O)SCCNC(=O)CCNC(=O)[C@H](O)C(C)(C)COP(=O)(O)OP(=O)(O)OC[C@H]2O[C@@H](n3cnc4c(N)ncnc43)[C@H](O)[C@@H]2OP(=O)(O)O)[C@H](O)C[C@H]1O. The summed E-state index contributed by atoms with van der Waals surface area (Å²) >= 11 is 0.887. The minimum absolute atomic E-state index is 0.0177. The second-order valence-corrected chi connectivity index (χ2v) is 22.4. The quantitative estimate of drug-likeness (QED) is 0.0275. The highest BCUT2D eigenvalue weighted by molar-refractivity contribution is 8.13. The van der Waals surface area contributed by atoms with Gasteiger partial charge in [-0.05, 0) is 19.8 Å². The van der Waals surface area contributed by atoms with Gasteiger partial charge in [0.2, 0.25) is 11.8 Å². The van der Waals surface area contributed by atoms with E-state index in [9.17, 15) is 72.9 Å². The molecule has 2 saturated heterocycles. The Morgan fingerprint density at radius 2 is 1.61 bits per heavy atom. The number of phosphoric ester groups is 3. The average molecular weight is 1080 g/mol. The van der Waals surface area contributed by atoms with Crippen LogP contribution in [0, 0.1) is 5.41 Å². The van der Waals surface area contributed by atoms with E-state index in [0.717, 1.165) is 54.7 Å². The number of phosphoric acid groups is 3. The summed E-state index contributed by atoms with van der Waals surface area (Å²) in [6, 6.07) is 0. The number of amides is 2. The van der Waals surface area contributed by atoms with Crippen molar-refractivity contribution in [2.24, 2.45) is 5.41 Å². The van der Waals surface area contributed by atoms with E-state index >= 15 is 0 Å². The van der Waals surface area contributed by atoms with Crippen LogP contribution in [0.25, 0.3) is 11.2 Å². The predicted molar refractivity (Wildman–Crippen MR) is 241 cm³/mol. The molecule has 70 heavy (non-hydrogen) atoms. The predicted octanol–water partition coefficient (Wildman–Crippen LogP) is -0.162. The fourth-order valence-electron chi connectivity index (χ4n) is 6.84. The molecule has 29 nitrogen and oxygen atoms in total. The fraction of sp³-hybridized carbons (Fsp3) is 0.757. The number of aliphatic hydroxyl groups excluding tert-OH is 4. The molecule has 2 aliphatic rings. The maximum absolute atomic E-state index is 12.7. The zero-order valence-corrected chi connectivity index (χ0v) is 41.9. The van der Waals surface area contributed by atoms with Gasteiger partial charge in [0, 0.05) is 50.1 Å². The number of anilines is 1. The van der Waals surface area contributed by atoms with Gasteiger partial charge in [0.05, 0.1) is 38.2 Å². The number of rotatable bonds is 30. The highest BCUT2D eigenvalue weighted by Crippen LogP contribution is 2.61. The molecule has 2 amide bonds. The van der Waals surface area contributed by atoms with E-state index in [0.29, 0.717) is 13.0 Å². The zero-order chi connectivity index (χ0) is 52.0. The van der Waals surface area contributed by atoms with E-state index in [2.05, 4.69) is 34.4 Å². The van der Waals surface area contributed by atoms with Crippen LogP contribution >= 0.6 is 35.2 Å². The number of nitrogens with one attached hydrogen (secondary N) is 2. The Morgan fingerprint density at radius 3 is 2.33 bits per heavy atom. The van der Waals surface area contributed by atoms with Gasteiger partial charge in [-0.15, -0.1) is 0 Å². The number of Topliss-reactive ketones (excluding diaryl/α,β-unsaturated/α-hetero) is 1. The number of fused-ring (bicyclic) bond motifs is 1. The standard InChI is InChI=1S/C37H62N7O22P3S/c1-21-23(46)16-24(47)36(63-21)60-13-8-6-4-5-7-9-22(45)15-27(49)70-14-12-39-26(48)10-11-40-34(52)31(51)37(2,3)18-62-69(58,59)66-68(56,57)61-17-25-30(65-67(53,54)55)29(50)35(64-25)44-20-43-28-32(38)41-19-42-33(28)44/h19-21,23-25,29-31,35-36,46-47,50-51H,4-18H2,1-3H3,(H,39,48)(H,40,52)(H,56,57)(H,58,59)(H2,38,41,42)(H2,53,54,55)/t21-,23+,24+,25+,29+,30+,31-,35+,36+/m0/s1. The Kier molecular flexibility index (Phi) is 22.9. The number of ketones is 1. The van der Waals surface area contributed by atoms with Gasteiger partial charge in [-0.1, -0.05) is 44.9 Å². The van der Waals surface area contributed by atoms with E-state index in [4.69, 9.17) is 29.0 Å². The molecular weight excluding hydrogens is 1020 g/mol. The molecule has 0 aliphatic carbocycles. The first kappa shape index (κ1) is 59.6. The first-order valence-electron chi connectivity index (χ1n) is 21.9. The smallest absolute Gasteiger partial charge is 0.390 e. The Bertz CT molecular complexity index is 2220. The summed E-state index contributed by atoms with van der Waals surface area (Å²) < 4.78 is 73.4. The summed E-state index contributed by atoms with van der Waals surface area (Å²) in [6.45, 7) is 2.31. The van der Waals surface area contributed by atoms with Gasteiger partial charge in [-0.25, -0.2) is 28.6 Å². The van der Waals surface area contributed by atoms with E-state index in [1.807, 2.05) is 0 Å². The number of aliphatic hydroxyl groups is 4. The number of nitrogen functional groups attached to an aromatic ring is 1. The van der Waals surface area contributed by atoms with Gasteiger partial charge in [0.15, 0.2) is 29.1 Å². The summed E-state index contributed by atoms with van der Waals surface area (Å²) in [5.41, 5.74) is 4.20. The Balaban J connectivity index is 1.08. The van der Waals surface area contributed by atoms with Crippen molar-refractivity contribution in [3.05, 3.63) is 12.7 Å². The number of nitrogens with zero attached hydrogens (tertiary/aromatic N) is 4. The zero-order valence-electron chi connectivity index (χ0n) is 38.4. The van der Waals surface area contributed by atoms with Crippen LogP contribution in [0.15, 0.2) is 12.7 Å². The molecule has 4 heterocycles. The molecule has 0 radical (unpaired) electrons. The summed E-state index contributed by atoms with van der Waals surface area (Å²) in [4.78, 5) is 101. The number of nitrogens with two attached hydrogens (primary N) is 1. The molecule has 11 atom stereocenters. The molecular formula is C37H62N7O22P3S. The van der Waals surface area contributed by atoms with Crippen LogP contribution in [0.5, 0.6) is 0 Å². The number of thioether (sulfide) groups is 1. The number of ether oxygens (including phenoxy) is 3. The maximum Gasteiger partial charge on any atom is 0.481 e. The molecule has 0 saturated carbocycles. The van der Waals surface area contributed by atoms with Crippen molar-refractivity contribution < 1.29 is 105 Å². The first-order chi connectivity index (χ1) is 32.7. The lowest BCUT2D eigenvalue weighted by molar-refractivity contribution is -0.261. The minimum Gasteiger partial charge on any atom is -0.390 e. The van der Waals surface area contributed by atoms with Crippen LogP contribution in [0.1, 0.15) is 84.8 Å². The van der Waals surface area contributed by atoms with E-state index < -0.39 is 109 Å². The molecule has 4 rings (SSSR count). The van der Waals surface area contributed by atoms with Gasteiger partial charge >= 0.3 is 23.5 Å². The van der Waals surface area contributed by atoms with Crippen molar-refractivity contribution in [2.75, 3.05) is 44.4 Å². The Hall–Kier alpha value is -2.93. The average Bonchev–Trinajstić information content (AvgIpc) is 3.83. The molecule has 398 valence electrons. The molecule has 2 aromatic rings. The fourth-order valence-corrected chi connectivity index (χ4v) is 10.4. The molecule has 2 unspecified atom stereocenters. The van der Waals surface area contributed by atoms with Crippen molar-refractivity contribution in [1.82, 2.24) is 30.2 Å². The molecule has 2 aromatic heterocycles. The van der Waals surface area contributed by atoms with Crippen molar-refractivity contribution >= 4 is 74.9 Å². The number of hydrogen-bond donors (Lipinski definition) is 11. The van der Waals surface area contributed by atoms with Gasteiger partial charge in [-0.3, -0.25) is 37.3 Å². The van der Waals surface area contributed by atoms with Crippen molar-refractivity contribution in [1.29, 1.82) is 0 Å². The third-order valence-electron chi connectivity index (χ3n) is 10.7. The van der Waals surface area contributed by atoms with Crippen molar-refractivity contribution in [3.8, 4) is 0 Å². The van der Waals surface area contributed by atoms with Crippen LogP contribution in [0.3, 0.4) is 0 Å². The van der Waals surface area contributed by atoms with Gasteiger partial charge in [-0.2, -0.15) is 4.31 Å². The lowest BCUT2D eigenvalue weighted by Crippen LogP contribution is -2.47. The van der Waals surface area contributed by atoms with Crippen LogP contribution < -0.4 is 16.4 Å². The van der Waals surface area contributed by atoms with Crippen LogP contribution in [-0.2, 0) is 65.0 Å². The van der Waals surface area contributed by atoms with Crippen LogP contribution in [0.4, 0.5) is 5.82 Å². The lowest BCUT2D eigenvalue weighted by Gasteiger charge is -2.35. The minimum atomic E-state index is -5.61. The van der Waals surface area contributed by atoms with Crippen molar-refractivity contribution in [3.63, 3.8) is 0 Å². The molecule has 2 aliphatic heterocycles. The Morgan fingerprint density at radius 1 is 0.929 bits per heavy atom. The molecule has 2 fully saturated rings. The van der Waals surface area contributed by atoms with Crippen LogP contribution in [0.2, 0.25) is 0 Å². The highest BCUT2D eigenvalue weighted by atomic mass is 32.2. The van der Waals surface area contributed by atoms with Crippen LogP contribution in [-0.4, -0.2) is 170 Å². The van der Waals surface area contributed by atoms with Gasteiger partial charge in [0.25, 0.3) is 0 Å². The third kappa shape index (κ3) is 19.2. The number of carbonyl (C=O) groups excluding carboxylic acids is 4. The van der Waals surface area contributed by atoms with E-state index in [-0.39, 0.29) is 72.4 Å². The largest absolute Gasteiger partial charge is 0.481 e. The second kappa shape index (κ2) is 26.9. The normalized spacial score (nSPS) is 25.2. The number of imidazole rings is 1. The highest BCUT2D eigenvalue weighted by Gasteiger charge is 2.50. The molecule has 33 heteroatoms. The summed E-state index contributed by atoms with van der Waals surface area (Å²) in [7, 11) is -16.5. The summed E-state index contributed by atoms with van der Waals surface area (Å²) in [6.07, 6.45) is -5.89. The van der Waals surface area contributed by atoms with Gasteiger partial charge < -0.3 is 70.6 Å². The van der Waals surface area contributed by atoms with E-state index in [1.165, 1.54) is 13.8 Å². The van der Waals surface area contributed by atoms with Crippen molar-refractivity contribution in [2.45, 2.75) is 134 Å². The van der Waals surface area contributed by atoms with Gasteiger partial charge in [0.1, 0.15) is 48.1 Å². The summed E-state index contributed by atoms with van der Waals surface area (Å²) in [5, 5.41) is 45.8. The maximum atomic E-state index is 12.7. The number of unbranched alkanes of at least 4 members (excludes halogenated alkanes) is 4. The molecule has 0 aromatic carbocycles.